The van der Waals surface area contributed by atoms with E-state index in [1.165, 1.54) is 24.3 Å². The van der Waals surface area contributed by atoms with Crippen LogP contribution in [0.5, 0.6) is 0 Å². The van der Waals surface area contributed by atoms with Crippen molar-refractivity contribution in [1.29, 1.82) is 0 Å². The van der Waals surface area contributed by atoms with Gasteiger partial charge >= 0.3 is 50.5 Å². The predicted octanol–water partition coefficient (Wildman–Crippen LogP) is 8.98. The van der Waals surface area contributed by atoms with Gasteiger partial charge in [0.05, 0.1) is 15.7 Å². The van der Waals surface area contributed by atoms with Gasteiger partial charge in [0.1, 0.15) is 16.0 Å². The Kier molecular flexibility index (Phi) is 23.6. The molecule has 2 aromatic heterocycles. The fourth-order valence-corrected chi connectivity index (χ4v) is 2.74. The van der Waals surface area contributed by atoms with Crippen molar-refractivity contribution < 1.29 is 13.3 Å². The molecule has 29 heavy (non-hydrogen) atoms. The van der Waals surface area contributed by atoms with Gasteiger partial charge in [-0.1, -0.05) is 116 Å². The molecule has 2 aromatic rings. The second-order valence-electron chi connectivity index (χ2n) is 3.98. The Morgan fingerprint density at radius 2 is 1.14 bits per heavy atom. The molecule has 0 fully saturated rings. The van der Waals surface area contributed by atoms with Crippen molar-refractivity contribution in [3.8, 4) is 0 Å². The van der Waals surface area contributed by atoms with E-state index in [0.717, 1.165) is 0 Å². The fraction of sp³-hybridized carbons (Fsp3) is 0.167. The third-order valence-corrected chi connectivity index (χ3v) is 4.50. The molecule has 0 aromatic carbocycles. The van der Waals surface area contributed by atoms with Crippen LogP contribution in [-0.4, -0.2) is 9.97 Å². The molecule has 0 spiro atoms. The van der Waals surface area contributed by atoms with Crippen molar-refractivity contribution in [1.82, 2.24) is 9.97 Å². The van der Waals surface area contributed by atoms with Gasteiger partial charge in [0.2, 0.25) is 7.59 Å². The molecule has 0 aliphatic carbocycles. The third kappa shape index (κ3) is 17.0. The molecule has 0 unspecified atom stereocenters. The first-order valence-electron chi connectivity index (χ1n) is 6.03. The summed E-state index contributed by atoms with van der Waals surface area (Å²) in [5.74, 6) is 0. The van der Waals surface area contributed by atoms with Gasteiger partial charge in [-0.25, -0.2) is 9.97 Å². The molecule has 0 radical (unpaired) electrons. The monoisotopic (exact) mass is 1160 g/mol. The van der Waals surface area contributed by atoms with Crippen molar-refractivity contribution in [2.45, 2.75) is 7.59 Å². The molecule has 0 atom stereocenters. The molecule has 0 N–H and O–H groups in total. The quantitative estimate of drug-likeness (QED) is 0.150. The summed E-state index contributed by atoms with van der Waals surface area (Å²) in [6, 6.07) is 6.06. The Balaban J connectivity index is 0. The van der Waals surface area contributed by atoms with E-state index in [2.05, 4.69) is 84.4 Å². The van der Waals surface area contributed by atoms with E-state index >= 15 is 0 Å². The fourth-order valence-electron chi connectivity index (χ4n) is 1.19. The van der Waals surface area contributed by atoms with Crippen molar-refractivity contribution in [2.75, 3.05) is 0 Å². The third-order valence-electron chi connectivity index (χ3n) is 2.17. The number of pyridine rings is 2. The second-order valence-corrected chi connectivity index (χ2v) is 26.4. The van der Waals surface area contributed by atoms with Crippen molar-refractivity contribution >= 4 is 190 Å². The van der Waals surface area contributed by atoms with Gasteiger partial charge in [0.25, 0.3) is 0 Å². The molecular weight excluding hydrogens is 1160 g/mol. The Morgan fingerprint density at radius 3 is 1.48 bits per heavy atom. The van der Waals surface area contributed by atoms with Crippen LogP contribution in [0.4, 0.5) is 0 Å². The van der Waals surface area contributed by atoms with Gasteiger partial charge in [-0.15, -0.1) is 0 Å². The molecule has 0 amide bonds. The Labute approximate surface area is 271 Å². The molecule has 2 rings (SSSR count). The molecule has 0 aliphatic rings. The van der Waals surface area contributed by atoms with Crippen LogP contribution in [0.3, 0.4) is 0 Å². The number of hydrogen-bond acceptors (Lipinski definition) is 2. The topological polar surface area (TPSA) is 25.8 Å². The summed E-state index contributed by atoms with van der Waals surface area (Å²) in [5.41, 5.74) is 0.392. The van der Waals surface area contributed by atoms with Gasteiger partial charge in [-0.05, 0) is 24.3 Å². The molecule has 0 aliphatic heterocycles. The van der Waals surface area contributed by atoms with Gasteiger partial charge in [-0.3, -0.25) is 0 Å². The molecule has 0 saturated carbocycles. The summed E-state index contributed by atoms with van der Waals surface area (Å²) >= 11 is 65.4. The first-order chi connectivity index (χ1) is 13.2. The van der Waals surface area contributed by atoms with Crippen LogP contribution in [0.1, 0.15) is 11.4 Å². The molecular formula is C12H4Cl10I5N2-. The zero-order valence-corrected chi connectivity index (χ0v) is 31.2. The van der Waals surface area contributed by atoms with Crippen LogP contribution >= 0.6 is 190 Å². The number of alkyl halides is 6. The van der Waals surface area contributed by atoms with E-state index < -0.39 is 7.59 Å². The Bertz CT molecular complexity index is 742. The van der Waals surface area contributed by atoms with Crippen molar-refractivity contribution in [3.05, 3.63) is 56.0 Å². The summed E-state index contributed by atoms with van der Waals surface area (Å²) < 4.78 is -3.20. The normalized spacial score (nSPS) is 10.7. The zero-order valence-electron chi connectivity index (χ0n) is 12.9. The Morgan fingerprint density at radius 1 is 0.690 bits per heavy atom. The number of aromatic nitrogens is 2. The van der Waals surface area contributed by atoms with Crippen LogP contribution in [0, 0.1) is 0 Å². The minimum absolute atomic E-state index is 0.125. The van der Waals surface area contributed by atoms with Crippen LogP contribution < -0.4 is 13.3 Å². The van der Waals surface area contributed by atoms with Crippen LogP contribution in [0.2, 0.25) is 20.4 Å². The van der Waals surface area contributed by atoms with E-state index in [9.17, 15) is 0 Å². The average Bonchev–Trinajstić information content (AvgIpc) is 2.60. The SMILES string of the molecule is Clc1ccc(C(Cl)(Cl)Cl)nc1Cl.Clc1ccc(Cl)c(C(Cl)(Cl)Cl)n1.II.I[I-]I. The maximum absolute atomic E-state index is 5.71. The number of hydrogen-bond donors (Lipinski definition) is 0. The van der Waals surface area contributed by atoms with E-state index in [1.807, 2.05) is 0 Å². The van der Waals surface area contributed by atoms with E-state index in [-0.39, 0.29) is 26.7 Å². The molecule has 2 heterocycles. The summed E-state index contributed by atoms with van der Waals surface area (Å²) in [4.78, 5) is 7.56. The second kappa shape index (κ2) is 19.0. The van der Waals surface area contributed by atoms with E-state index in [0.29, 0.717) is 18.3 Å². The van der Waals surface area contributed by atoms with Crippen LogP contribution in [0.25, 0.3) is 0 Å². The molecule has 168 valence electrons. The van der Waals surface area contributed by atoms with Gasteiger partial charge in [0, 0.05) is 37.2 Å². The average molecular weight is 1170 g/mol. The van der Waals surface area contributed by atoms with Gasteiger partial charge < -0.3 is 0 Å². The summed E-state index contributed by atoms with van der Waals surface area (Å²) in [6.07, 6.45) is 0. The van der Waals surface area contributed by atoms with Gasteiger partial charge in [-0.2, -0.15) is 0 Å². The standard InChI is InChI=1S/2C6H2Cl5N.I3.I2/c7-3-1-2-4(8)12-5(3)6(9,10)11;7-3-1-2-4(6(9,10)11)12-5(3)8;1-3-2;1-2/h2*1-2H;;/q;;-1;. The van der Waals surface area contributed by atoms with Crippen molar-refractivity contribution in [2.24, 2.45) is 0 Å². The minimum atomic E-state index is -1.64. The van der Waals surface area contributed by atoms with Crippen LogP contribution in [0.15, 0.2) is 24.3 Å². The summed E-state index contributed by atoms with van der Waals surface area (Å²) in [6.45, 7) is 0. The summed E-state index contributed by atoms with van der Waals surface area (Å²) in [7, 11) is 0. The van der Waals surface area contributed by atoms with E-state index in [1.54, 1.807) is 0 Å². The Hall–Kier alpha value is 4.85. The number of rotatable bonds is 0. The van der Waals surface area contributed by atoms with Crippen molar-refractivity contribution in [3.63, 3.8) is 0 Å². The predicted molar refractivity (Wildman–Crippen MR) is 163 cm³/mol. The van der Waals surface area contributed by atoms with E-state index in [4.69, 9.17) is 116 Å². The van der Waals surface area contributed by atoms with Gasteiger partial charge in [0.15, 0.2) is 0 Å². The van der Waals surface area contributed by atoms with Crippen LogP contribution in [-0.2, 0) is 7.59 Å². The maximum atomic E-state index is 5.71. The molecule has 17 heteroatoms. The molecule has 0 bridgehead atoms. The number of halogens is 15. The zero-order chi connectivity index (χ0) is 23.4. The molecule has 0 saturated heterocycles. The first-order valence-corrected chi connectivity index (χ1v) is 28.7. The summed E-state index contributed by atoms with van der Waals surface area (Å²) in [5, 5.41) is 0.968. The number of nitrogens with zero attached hydrogens (tertiary/aromatic N) is 2. The molecule has 2 nitrogen and oxygen atoms in total. The first kappa shape index (κ1) is 36.0.